The van der Waals surface area contributed by atoms with Gasteiger partial charge in [0.2, 0.25) is 10.0 Å². The SMILES string of the molecule is CC(C)NS(=O)(=O)C(C)CO. The van der Waals surface area contributed by atoms with Gasteiger partial charge in [-0.25, -0.2) is 13.1 Å². The molecule has 0 aromatic heterocycles. The third kappa shape index (κ3) is 3.69. The zero-order chi connectivity index (χ0) is 9.07. The van der Waals surface area contributed by atoms with Gasteiger partial charge < -0.3 is 5.11 Å². The van der Waals surface area contributed by atoms with Crippen molar-refractivity contribution in [1.29, 1.82) is 0 Å². The number of aliphatic hydroxyl groups excluding tert-OH is 1. The molecule has 11 heavy (non-hydrogen) atoms. The molecule has 68 valence electrons. The summed E-state index contributed by atoms with van der Waals surface area (Å²) in [5, 5.41) is 7.83. The van der Waals surface area contributed by atoms with Crippen molar-refractivity contribution < 1.29 is 13.5 Å². The average molecular weight is 181 g/mol. The molecule has 0 aliphatic rings. The number of sulfonamides is 1. The van der Waals surface area contributed by atoms with Crippen molar-refractivity contribution in [2.24, 2.45) is 0 Å². The Morgan fingerprint density at radius 2 is 1.82 bits per heavy atom. The van der Waals surface area contributed by atoms with Gasteiger partial charge in [-0.05, 0) is 20.8 Å². The Bertz CT molecular complexity index is 198. The molecule has 0 radical (unpaired) electrons. The lowest BCUT2D eigenvalue weighted by molar-refractivity contribution is 0.294. The second kappa shape index (κ2) is 4.04. The van der Waals surface area contributed by atoms with E-state index in [1.807, 2.05) is 0 Å². The maximum atomic E-state index is 11.1. The number of nitrogens with one attached hydrogen (secondary N) is 1. The molecule has 1 unspecified atom stereocenters. The first-order valence-corrected chi connectivity index (χ1v) is 5.06. The van der Waals surface area contributed by atoms with E-state index in [0.717, 1.165) is 0 Å². The molecule has 0 aromatic rings. The van der Waals surface area contributed by atoms with E-state index in [1.54, 1.807) is 13.8 Å². The van der Waals surface area contributed by atoms with Gasteiger partial charge in [-0.2, -0.15) is 0 Å². The number of rotatable bonds is 4. The van der Waals surface area contributed by atoms with Crippen LogP contribution in [0.1, 0.15) is 20.8 Å². The van der Waals surface area contributed by atoms with Gasteiger partial charge in [0, 0.05) is 6.04 Å². The average Bonchev–Trinajstić information content (AvgIpc) is 1.83. The molecule has 0 heterocycles. The Morgan fingerprint density at radius 3 is 2.09 bits per heavy atom. The van der Waals surface area contributed by atoms with Crippen LogP contribution in [0.15, 0.2) is 0 Å². The summed E-state index contributed by atoms with van der Waals surface area (Å²) in [6, 6.07) is -0.117. The first-order chi connectivity index (χ1) is 4.90. The van der Waals surface area contributed by atoms with Crippen molar-refractivity contribution in [3.8, 4) is 0 Å². The molecule has 4 nitrogen and oxygen atoms in total. The van der Waals surface area contributed by atoms with Crippen LogP contribution in [0.2, 0.25) is 0 Å². The minimum atomic E-state index is -3.31. The zero-order valence-corrected chi connectivity index (χ0v) is 7.85. The fraction of sp³-hybridized carbons (Fsp3) is 1.00. The van der Waals surface area contributed by atoms with E-state index in [0.29, 0.717) is 0 Å². The number of aliphatic hydroxyl groups is 1. The van der Waals surface area contributed by atoms with Crippen LogP contribution in [0.4, 0.5) is 0 Å². The fourth-order valence-electron chi connectivity index (χ4n) is 0.543. The van der Waals surface area contributed by atoms with Gasteiger partial charge in [0.25, 0.3) is 0 Å². The highest BCUT2D eigenvalue weighted by Gasteiger charge is 2.19. The molecule has 0 aliphatic heterocycles. The summed E-state index contributed by atoms with van der Waals surface area (Å²) in [4.78, 5) is 0. The standard InChI is InChI=1S/C6H15NO3S/c1-5(2)7-11(9,10)6(3)4-8/h5-8H,4H2,1-3H3. The summed E-state index contributed by atoms with van der Waals surface area (Å²) in [6.45, 7) is 4.59. The fourth-order valence-corrected chi connectivity index (χ4v) is 1.63. The molecule has 0 aliphatic carbocycles. The number of hydrogen-bond acceptors (Lipinski definition) is 3. The van der Waals surface area contributed by atoms with Crippen molar-refractivity contribution in [3.05, 3.63) is 0 Å². The van der Waals surface area contributed by atoms with E-state index in [-0.39, 0.29) is 12.6 Å². The molecule has 0 rings (SSSR count). The predicted molar refractivity (Wildman–Crippen MR) is 43.7 cm³/mol. The van der Waals surface area contributed by atoms with Gasteiger partial charge in [-0.3, -0.25) is 0 Å². The quantitative estimate of drug-likeness (QED) is 0.625. The molecule has 0 saturated carbocycles. The van der Waals surface area contributed by atoms with E-state index < -0.39 is 15.3 Å². The molecular formula is C6H15NO3S. The lowest BCUT2D eigenvalue weighted by Crippen LogP contribution is -2.38. The molecule has 0 bridgehead atoms. The van der Waals surface area contributed by atoms with Gasteiger partial charge in [-0.1, -0.05) is 0 Å². The van der Waals surface area contributed by atoms with Crippen LogP contribution in [0.25, 0.3) is 0 Å². The predicted octanol–water partition coefficient (Wildman–Crippen LogP) is -0.305. The molecule has 0 saturated heterocycles. The topological polar surface area (TPSA) is 66.4 Å². The first-order valence-electron chi connectivity index (χ1n) is 3.52. The highest BCUT2D eigenvalue weighted by atomic mass is 32.2. The Kier molecular flexibility index (Phi) is 3.99. The molecule has 0 aromatic carbocycles. The van der Waals surface area contributed by atoms with Crippen molar-refractivity contribution in [2.45, 2.75) is 32.1 Å². The molecule has 0 fully saturated rings. The third-order valence-corrected chi connectivity index (χ3v) is 3.20. The lowest BCUT2D eigenvalue weighted by Gasteiger charge is -2.13. The van der Waals surface area contributed by atoms with E-state index in [1.165, 1.54) is 6.92 Å². The van der Waals surface area contributed by atoms with Crippen molar-refractivity contribution in [3.63, 3.8) is 0 Å². The van der Waals surface area contributed by atoms with Gasteiger partial charge in [0.1, 0.15) is 0 Å². The number of hydrogen-bond donors (Lipinski definition) is 2. The summed E-state index contributed by atoms with van der Waals surface area (Å²) in [7, 11) is -3.31. The van der Waals surface area contributed by atoms with Crippen LogP contribution < -0.4 is 4.72 Å². The Labute approximate surface area is 67.7 Å². The van der Waals surface area contributed by atoms with Gasteiger partial charge in [-0.15, -0.1) is 0 Å². The monoisotopic (exact) mass is 181 g/mol. The lowest BCUT2D eigenvalue weighted by atomic mass is 10.4. The summed E-state index contributed by atoms with van der Waals surface area (Å²) in [5.41, 5.74) is 0. The van der Waals surface area contributed by atoms with E-state index in [9.17, 15) is 8.42 Å². The van der Waals surface area contributed by atoms with Crippen molar-refractivity contribution >= 4 is 10.0 Å². The normalized spacial score (nSPS) is 15.4. The zero-order valence-electron chi connectivity index (χ0n) is 7.03. The van der Waals surface area contributed by atoms with Crippen LogP contribution in [0, 0.1) is 0 Å². The van der Waals surface area contributed by atoms with Crippen LogP contribution in [-0.4, -0.2) is 31.4 Å². The Morgan fingerprint density at radius 1 is 1.36 bits per heavy atom. The van der Waals surface area contributed by atoms with Crippen molar-refractivity contribution in [1.82, 2.24) is 4.72 Å². The van der Waals surface area contributed by atoms with Crippen LogP contribution in [-0.2, 0) is 10.0 Å². The van der Waals surface area contributed by atoms with Crippen LogP contribution >= 0.6 is 0 Å². The Hall–Kier alpha value is -0.130. The maximum Gasteiger partial charge on any atom is 0.216 e. The van der Waals surface area contributed by atoms with E-state index >= 15 is 0 Å². The summed E-state index contributed by atoms with van der Waals surface area (Å²) >= 11 is 0. The Balaban J connectivity index is 4.23. The van der Waals surface area contributed by atoms with Crippen molar-refractivity contribution in [2.75, 3.05) is 6.61 Å². The smallest absolute Gasteiger partial charge is 0.216 e. The third-order valence-electron chi connectivity index (χ3n) is 1.19. The molecular weight excluding hydrogens is 166 g/mol. The van der Waals surface area contributed by atoms with E-state index in [2.05, 4.69) is 4.72 Å². The van der Waals surface area contributed by atoms with Gasteiger partial charge in [0.15, 0.2) is 0 Å². The highest BCUT2D eigenvalue weighted by Crippen LogP contribution is 1.97. The maximum absolute atomic E-state index is 11.1. The second-order valence-electron chi connectivity index (χ2n) is 2.81. The summed E-state index contributed by atoms with van der Waals surface area (Å²) in [6.07, 6.45) is 0. The minimum absolute atomic E-state index is 0.117. The second-order valence-corrected chi connectivity index (χ2v) is 4.94. The summed E-state index contributed by atoms with van der Waals surface area (Å²) < 4.78 is 24.6. The van der Waals surface area contributed by atoms with Crippen LogP contribution in [0.3, 0.4) is 0 Å². The van der Waals surface area contributed by atoms with Crippen LogP contribution in [0.5, 0.6) is 0 Å². The molecule has 0 spiro atoms. The molecule has 5 heteroatoms. The summed E-state index contributed by atoms with van der Waals surface area (Å²) in [5.74, 6) is 0. The molecule has 0 amide bonds. The minimum Gasteiger partial charge on any atom is -0.395 e. The first kappa shape index (κ1) is 10.9. The van der Waals surface area contributed by atoms with Gasteiger partial charge in [0.05, 0.1) is 11.9 Å². The van der Waals surface area contributed by atoms with Gasteiger partial charge >= 0.3 is 0 Å². The van der Waals surface area contributed by atoms with E-state index in [4.69, 9.17) is 5.11 Å². The largest absolute Gasteiger partial charge is 0.395 e. The molecule has 1 atom stereocenters. The molecule has 2 N–H and O–H groups in total. The highest BCUT2D eigenvalue weighted by molar-refractivity contribution is 7.90.